The van der Waals surface area contributed by atoms with E-state index in [9.17, 15) is 9.18 Å². The van der Waals surface area contributed by atoms with Gasteiger partial charge in [-0.15, -0.1) is 0 Å². The van der Waals surface area contributed by atoms with Crippen LogP contribution in [0.15, 0.2) is 35.3 Å². The Kier molecular flexibility index (Phi) is 3.53. The minimum atomic E-state index is -0.573. The fraction of sp³-hybridized carbons (Fsp3) is 0.250. The fourth-order valence-electron chi connectivity index (χ4n) is 1.03. The summed E-state index contributed by atoms with van der Waals surface area (Å²) in [6, 6.07) is 6.09. The van der Waals surface area contributed by atoms with Gasteiger partial charge in [0.25, 0.3) is 0 Å². The van der Waals surface area contributed by atoms with E-state index in [1.54, 1.807) is 38.1 Å². The molecule has 0 saturated carbocycles. The normalized spacial score (nSPS) is 11.4. The summed E-state index contributed by atoms with van der Waals surface area (Å²) < 4.78 is 12.6. The Bertz CT molecular complexity index is 400. The Hall–Kier alpha value is -1.73. The van der Waals surface area contributed by atoms with Crippen LogP contribution in [-0.2, 0) is 4.79 Å². The highest BCUT2D eigenvalue weighted by molar-refractivity contribution is 5.51. The third-order valence-electron chi connectivity index (χ3n) is 1.89. The summed E-state index contributed by atoms with van der Waals surface area (Å²) in [5, 5.41) is 0. The smallest absolute Gasteiger partial charge is 0.211 e. The Morgan fingerprint density at radius 2 is 1.93 bits per heavy atom. The molecule has 0 aliphatic heterocycles. The first-order valence-electron chi connectivity index (χ1n) is 4.57. The van der Waals surface area contributed by atoms with E-state index < -0.39 is 5.54 Å². The average Bonchev–Trinajstić information content (AvgIpc) is 2.17. The van der Waals surface area contributed by atoms with Crippen molar-refractivity contribution in [3.05, 3.63) is 41.7 Å². The molecule has 2 nitrogen and oxygen atoms in total. The largest absolute Gasteiger partial charge is 0.235 e. The zero-order valence-corrected chi connectivity index (χ0v) is 8.70. The van der Waals surface area contributed by atoms with E-state index in [1.807, 2.05) is 0 Å². The van der Waals surface area contributed by atoms with Crippen LogP contribution in [0, 0.1) is 5.82 Å². The van der Waals surface area contributed by atoms with Crippen molar-refractivity contribution in [2.45, 2.75) is 19.4 Å². The van der Waals surface area contributed by atoms with Crippen molar-refractivity contribution in [1.82, 2.24) is 0 Å². The molecule has 0 spiro atoms. The highest BCUT2D eigenvalue weighted by atomic mass is 19.1. The number of hydrogen-bond donors (Lipinski definition) is 0. The van der Waals surface area contributed by atoms with Crippen LogP contribution in [0.25, 0.3) is 6.08 Å². The lowest BCUT2D eigenvalue weighted by atomic mass is 10.0. The second-order valence-corrected chi connectivity index (χ2v) is 3.74. The molecule has 0 aliphatic carbocycles. The second-order valence-electron chi connectivity index (χ2n) is 3.74. The molecule has 0 unspecified atom stereocenters. The van der Waals surface area contributed by atoms with Gasteiger partial charge in [-0.1, -0.05) is 24.3 Å². The molecule has 0 saturated heterocycles. The van der Waals surface area contributed by atoms with E-state index in [0.717, 1.165) is 5.56 Å². The van der Waals surface area contributed by atoms with E-state index in [2.05, 4.69) is 4.99 Å². The maximum absolute atomic E-state index is 12.6. The Morgan fingerprint density at radius 3 is 2.47 bits per heavy atom. The molecule has 3 heteroatoms. The van der Waals surface area contributed by atoms with Gasteiger partial charge < -0.3 is 0 Å². The van der Waals surface area contributed by atoms with Crippen molar-refractivity contribution in [2.24, 2.45) is 4.99 Å². The maximum Gasteiger partial charge on any atom is 0.235 e. The molecule has 0 aliphatic rings. The van der Waals surface area contributed by atoms with Gasteiger partial charge in [-0.2, -0.15) is 4.99 Å². The summed E-state index contributed by atoms with van der Waals surface area (Å²) in [5.74, 6) is -0.266. The van der Waals surface area contributed by atoms with E-state index in [4.69, 9.17) is 0 Å². The molecular formula is C12H12FNO. The molecule has 0 heterocycles. The summed E-state index contributed by atoms with van der Waals surface area (Å²) in [4.78, 5) is 13.7. The fourth-order valence-corrected chi connectivity index (χ4v) is 1.03. The lowest BCUT2D eigenvalue weighted by Crippen LogP contribution is -2.11. The number of nitrogens with zero attached hydrogens (tertiary/aromatic N) is 1. The zero-order chi connectivity index (χ0) is 11.3. The number of aliphatic imine (C=N–C) groups is 1. The summed E-state index contributed by atoms with van der Waals surface area (Å²) in [6.07, 6.45) is 5.08. The van der Waals surface area contributed by atoms with Crippen molar-refractivity contribution in [1.29, 1.82) is 0 Å². The topological polar surface area (TPSA) is 29.4 Å². The van der Waals surface area contributed by atoms with Crippen LogP contribution in [0.1, 0.15) is 19.4 Å². The highest BCUT2D eigenvalue weighted by Crippen LogP contribution is 2.13. The molecule has 0 aromatic heterocycles. The summed E-state index contributed by atoms with van der Waals surface area (Å²) in [5.41, 5.74) is 0.293. The minimum Gasteiger partial charge on any atom is -0.211 e. The lowest BCUT2D eigenvalue weighted by Gasteiger charge is -2.10. The molecule has 0 atom stereocenters. The van der Waals surface area contributed by atoms with Crippen molar-refractivity contribution in [3.8, 4) is 0 Å². The maximum atomic E-state index is 12.6. The number of carbonyl (C=O) groups excluding carboxylic acids is 1. The molecule has 0 N–H and O–H groups in total. The lowest BCUT2D eigenvalue weighted by molar-refractivity contribution is 0.551. The minimum absolute atomic E-state index is 0.266. The SMILES string of the molecule is CC(C)(/C=C/c1ccc(F)cc1)N=C=O. The van der Waals surface area contributed by atoms with Gasteiger partial charge in [0.15, 0.2) is 0 Å². The first-order chi connectivity index (χ1) is 7.03. The molecule has 0 amide bonds. The van der Waals surface area contributed by atoms with Crippen LogP contribution in [0.2, 0.25) is 0 Å². The highest BCUT2D eigenvalue weighted by Gasteiger charge is 2.10. The van der Waals surface area contributed by atoms with Crippen LogP contribution >= 0.6 is 0 Å². The standard InChI is InChI=1S/C12H12FNO/c1-12(2,14-9-15)8-7-10-3-5-11(13)6-4-10/h3-8H,1-2H3/b8-7+. The Labute approximate surface area is 88.2 Å². The molecule has 1 aromatic carbocycles. The van der Waals surface area contributed by atoms with Crippen LogP contribution in [0.3, 0.4) is 0 Å². The van der Waals surface area contributed by atoms with Crippen molar-refractivity contribution < 1.29 is 9.18 Å². The molecule has 78 valence electrons. The van der Waals surface area contributed by atoms with Gasteiger partial charge in [0.05, 0.1) is 5.54 Å². The van der Waals surface area contributed by atoms with Gasteiger partial charge in [0.1, 0.15) is 5.82 Å². The van der Waals surface area contributed by atoms with E-state index in [1.165, 1.54) is 18.2 Å². The quantitative estimate of drug-likeness (QED) is 0.551. The van der Waals surface area contributed by atoms with Gasteiger partial charge in [0.2, 0.25) is 6.08 Å². The molecule has 1 rings (SSSR count). The van der Waals surface area contributed by atoms with Crippen molar-refractivity contribution in [2.75, 3.05) is 0 Å². The Balaban J connectivity index is 2.81. The van der Waals surface area contributed by atoms with Crippen molar-refractivity contribution >= 4 is 12.2 Å². The van der Waals surface area contributed by atoms with Crippen molar-refractivity contribution in [3.63, 3.8) is 0 Å². The summed E-state index contributed by atoms with van der Waals surface area (Å²) >= 11 is 0. The zero-order valence-electron chi connectivity index (χ0n) is 8.70. The van der Waals surface area contributed by atoms with Gasteiger partial charge >= 0.3 is 0 Å². The molecule has 0 bridgehead atoms. The monoisotopic (exact) mass is 205 g/mol. The molecule has 0 fully saturated rings. The van der Waals surface area contributed by atoms with Gasteiger partial charge in [0, 0.05) is 0 Å². The average molecular weight is 205 g/mol. The number of benzene rings is 1. The summed E-state index contributed by atoms with van der Waals surface area (Å²) in [6.45, 7) is 3.58. The number of rotatable bonds is 3. The van der Waals surface area contributed by atoms with E-state index in [-0.39, 0.29) is 5.82 Å². The molecule has 15 heavy (non-hydrogen) atoms. The Morgan fingerprint density at radius 1 is 1.33 bits per heavy atom. The van der Waals surface area contributed by atoms with Gasteiger partial charge in [-0.05, 0) is 31.5 Å². The third kappa shape index (κ3) is 3.88. The predicted molar refractivity (Wildman–Crippen MR) is 57.6 cm³/mol. The summed E-state index contributed by atoms with van der Waals surface area (Å²) in [7, 11) is 0. The number of halogens is 1. The van der Waals surface area contributed by atoms with E-state index in [0.29, 0.717) is 0 Å². The molecular weight excluding hydrogens is 193 g/mol. The first kappa shape index (κ1) is 11.3. The van der Waals surface area contributed by atoms with Crippen LogP contribution in [-0.4, -0.2) is 11.6 Å². The van der Waals surface area contributed by atoms with Crippen LogP contribution in [0.5, 0.6) is 0 Å². The van der Waals surface area contributed by atoms with Gasteiger partial charge in [-0.3, -0.25) is 0 Å². The first-order valence-corrected chi connectivity index (χ1v) is 4.57. The number of hydrogen-bond acceptors (Lipinski definition) is 2. The predicted octanol–water partition coefficient (Wildman–Crippen LogP) is 2.95. The molecule has 1 aromatic rings. The van der Waals surface area contributed by atoms with Gasteiger partial charge in [-0.25, -0.2) is 9.18 Å². The van der Waals surface area contributed by atoms with Crippen LogP contribution in [0.4, 0.5) is 4.39 Å². The third-order valence-corrected chi connectivity index (χ3v) is 1.89. The second kappa shape index (κ2) is 4.67. The van der Waals surface area contributed by atoms with Crippen LogP contribution < -0.4 is 0 Å². The molecule has 0 radical (unpaired) electrons. The number of isocyanates is 1. The van der Waals surface area contributed by atoms with E-state index >= 15 is 0 Å².